The van der Waals surface area contributed by atoms with Crippen LogP contribution in [-0.4, -0.2) is 24.9 Å². The Hall–Kier alpha value is -1.31. The minimum Gasteiger partial charge on any atom is -0.349 e. The van der Waals surface area contributed by atoms with Gasteiger partial charge in [-0.05, 0) is 29.5 Å². The molecule has 1 amide bonds. The molecule has 1 aromatic carbocycles. The van der Waals surface area contributed by atoms with Crippen molar-refractivity contribution in [2.24, 2.45) is 0 Å². The van der Waals surface area contributed by atoms with Crippen LogP contribution in [0.5, 0.6) is 0 Å². The predicted molar refractivity (Wildman–Crippen MR) is 56.2 cm³/mol. The van der Waals surface area contributed by atoms with Crippen molar-refractivity contribution in [1.82, 2.24) is 4.90 Å². The van der Waals surface area contributed by atoms with Gasteiger partial charge in [0.25, 0.3) is 0 Å². The standard InChI is InChI=1S/C12H15NO/c1-13(2)12(14)8-9-3-4-10-5-6-11(10)7-9/h3-4,7H,5-6,8H2,1-2H3. The van der Waals surface area contributed by atoms with Crippen molar-refractivity contribution in [3.8, 4) is 0 Å². The number of aryl methyl sites for hydroxylation is 2. The zero-order chi connectivity index (χ0) is 10.1. The molecule has 0 aromatic heterocycles. The molecule has 0 aliphatic heterocycles. The van der Waals surface area contributed by atoms with E-state index in [9.17, 15) is 4.79 Å². The summed E-state index contributed by atoms with van der Waals surface area (Å²) < 4.78 is 0. The van der Waals surface area contributed by atoms with Crippen molar-refractivity contribution in [2.75, 3.05) is 14.1 Å². The lowest BCUT2D eigenvalue weighted by molar-refractivity contribution is -0.127. The van der Waals surface area contributed by atoms with Gasteiger partial charge in [0.15, 0.2) is 0 Å². The molecule has 0 saturated carbocycles. The molecule has 0 unspecified atom stereocenters. The van der Waals surface area contributed by atoms with E-state index in [4.69, 9.17) is 0 Å². The van der Waals surface area contributed by atoms with E-state index in [-0.39, 0.29) is 5.91 Å². The maximum absolute atomic E-state index is 11.5. The molecule has 0 N–H and O–H groups in total. The minimum absolute atomic E-state index is 0.171. The van der Waals surface area contributed by atoms with Crippen LogP contribution in [0.1, 0.15) is 16.7 Å². The third-order valence-electron chi connectivity index (χ3n) is 2.79. The second-order valence-electron chi connectivity index (χ2n) is 4.07. The van der Waals surface area contributed by atoms with Crippen molar-refractivity contribution >= 4 is 5.91 Å². The number of hydrogen-bond donors (Lipinski definition) is 0. The van der Waals surface area contributed by atoms with E-state index >= 15 is 0 Å². The number of likely N-dealkylation sites (N-methyl/N-ethyl adjacent to an activating group) is 1. The van der Waals surface area contributed by atoms with Gasteiger partial charge in [0.2, 0.25) is 5.91 Å². The second kappa shape index (κ2) is 3.45. The first-order valence-corrected chi connectivity index (χ1v) is 4.97. The summed E-state index contributed by atoms with van der Waals surface area (Å²) in [5, 5.41) is 0. The van der Waals surface area contributed by atoms with Gasteiger partial charge >= 0.3 is 0 Å². The largest absolute Gasteiger partial charge is 0.349 e. The molecule has 1 aliphatic rings. The Morgan fingerprint density at radius 3 is 2.50 bits per heavy atom. The van der Waals surface area contributed by atoms with E-state index in [2.05, 4.69) is 18.2 Å². The van der Waals surface area contributed by atoms with Crippen LogP contribution >= 0.6 is 0 Å². The summed E-state index contributed by atoms with van der Waals surface area (Å²) in [6.07, 6.45) is 2.91. The molecule has 14 heavy (non-hydrogen) atoms. The maximum atomic E-state index is 11.5. The molecule has 0 heterocycles. The molecule has 0 spiro atoms. The average molecular weight is 189 g/mol. The maximum Gasteiger partial charge on any atom is 0.226 e. The smallest absolute Gasteiger partial charge is 0.226 e. The van der Waals surface area contributed by atoms with Crippen LogP contribution in [-0.2, 0) is 24.1 Å². The van der Waals surface area contributed by atoms with E-state index in [1.165, 1.54) is 24.0 Å². The molecular formula is C12H15NO. The Morgan fingerprint density at radius 2 is 2.00 bits per heavy atom. The summed E-state index contributed by atoms with van der Waals surface area (Å²) in [5.41, 5.74) is 4.02. The Balaban J connectivity index is 2.10. The van der Waals surface area contributed by atoms with Gasteiger partial charge < -0.3 is 4.90 Å². The highest BCUT2D eigenvalue weighted by Gasteiger charge is 2.14. The highest BCUT2D eigenvalue weighted by Crippen LogP contribution is 2.23. The van der Waals surface area contributed by atoms with Crippen molar-refractivity contribution in [2.45, 2.75) is 19.3 Å². The van der Waals surface area contributed by atoms with Gasteiger partial charge in [0.05, 0.1) is 6.42 Å². The molecule has 0 radical (unpaired) electrons. The van der Waals surface area contributed by atoms with Crippen molar-refractivity contribution < 1.29 is 4.79 Å². The number of fused-ring (bicyclic) bond motifs is 1. The van der Waals surface area contributed by atoms with E-state index in [0.717, 1.165) is 5.56 Å². The molecule has 2 nitrogen and oxygen atoms in total. The SMILES string of the molecule is CN(C)C(=O)Cc1ccc2c(c1)CC2. The average Bonchev–Trinajstić information content (AvgIpc) is 2.09. The molecular weight excluding hydrogens is 174 g/mol. The lowest BCUT2D eigenvalue weighted by Gasteiger charge is -2.19. The van der Waals surface area contributed by atoms with Gasteiger partial charge in [-0.1, -0.05) is 18.2 Å². The Morgan fingerprint density at radius 1 is 1.29 bits per heavy atom. The van der Waals surface area contributed by atoms with E-state index in [1.54, 1.807) is 19.0 Å². The summed E-state index contributed by atoms with van der Waals surface area (Å²) in [7, 11) is 3.59. The van der Waals surface area contributed by atoms with Crippen LogP contribution in [0.2, 0.25) is 0 Å². The zero-order valence-corrected chi connectivity index (χ0v) is 8.71. The number of benzene rings is 1. The normalized spacial score (nSPS) is 13.0. The topological polar surface area (TPSA) is 20.3 Å². The number of amides is 1. The summed E-state index contributed by atoms with van der Waals surface area (Å²) in [5.74, 6) is 0.171. The molecule has 0 bridgehead atoms. The summed E-state index contributed by atoms with van der Waals surface area (Å²) >= 11 is 0. The second-order valence-corrected chi connectivity index (χ2v) is 4.07. The van der Waals surface area contributed by atoms with E-state index < -0.39 is 0 Å². The highest BCUT2D eigenvalue weighted by molar-refractivity contribution is 5.78. The van der Waals surface area contributed by atoms with Crippen LogP contribution in [0.4, 0.5) is 0 Å². The quantitative estimate of drug-likeness (QED) is 0.689. The third kappa shape index (κ3) is 1.65. The molecule has 2 rings (SSSR count). The number of rotatable bonds is 2. The van der Waals surface area contributed by atoms with E-state index in [1.807, 2.05) is 0 Å². The molecule has 1 aromatic rings. The minimum atomic E-state index is 0.171. The van der Waals surface area contributed by atoms with Crippen molar-refractivity contribution in [1.29, 1.82) is 0 Å². The van der Waals surface area contributed by atoms with Gasteiger partial charge in [-0.15, -0.1) is 0 Å². The lowest BCUT2D eigenvalue weighted by atomic mass is 9.87. The molecule has 1 aliphatic carbocycles. The Labute approximate surface area is 84.5 Å². The van der Waals surface area contributed by atoms with Gasteiger partial charge in [0, 0.05) is 14.1 Å². The van der Waals surface area contributed by atoms with Crippen LogP contribution in [0.25, 0.3) is 0 Å². The fourth-order valence-corrected chi connectivity index (χ4v) is 1.69. The van der Waals surface area contributed by atoms with Crippen LogP contribution in [0.3, 0.4) is 0 Å². The first-order valence-electron chi connectivity index (χ1n) is 4.97. The fraction of sp³-hybridized carbons (Fsp3) is 0.417. The first kappa shape index (κ1) is 9.25. The molecule has 0 saturated heterocycles. The summed E-state index contributed by atoms with van der Waals surface area (Å²) in [6, 6.07) is 6.39. The van der Waals surface area contributed by atoms with Crippen LogP contribution in [0, 0.1) is 0 Å². The van der Waals surface area contributed by atoms with Crippen LogP contribution in [0.15, 0.2) is 18.2 Å². The van der Waals surface area contributed by atoms with Crippen molar-refractivity contribution in [3.63, 3.8) is 0 Å². The predicted octanol–water partition coefficient (Wildman–Crippen LogP) is 1.42. The number of nitrogens with zero attached hydrogens (tertiary/aromatic N) is 1. The first-order chi connectivity index (χ1) is 6.66. The van der Waals surface area contributed by atoms with Crippen molar-refractivity contribution in [3.05, 3.63) is 34.9 Å². The fourth-order valence-electron chi connectivity index (χ4n) is 1.69. The number of carbonyl (C=O) groups is 1. The highest BCUT2D eigenvalue weighted by atomic mass is 16.2. The number of carbonyl (C=O) groups excluding carboxylic acids is 1. The molecule has 2 heteroatoms. The van der Waals surface area contributed by atoms with Gasteiger partial charge in [0.1, 0.15) is 0 Å². The summed E-state index contributed by atoms with van der Waals surface area (Å²) in [4.78, 5) is 13.1. The Kier molecular flexibility index (Phi) is 2.28. The van der Waals surface area contributed by atoms with Crippen LogP contribution < -0.4 is 0 Å². The molecule has 74 valence electrons. The molecule has 0 atom stereocenters. The number of hydrogen-bond acceptors (Lipinski definition) is 1. The third-order valence-corrected chi connectivity index (χ3v) is 2.79. The molecule has 0 fully saturated rings. The Bertz CT molecular complexity index is 369. The van der Waals surface area contributed by atoms with Gasteiger partial charge in [-0.2, -0.15) is 0 Å². The van der Waals surface area contributed by atoms with Gasteiger partial charge in [-0.25, -0.2) is 0 Å². The van der Waals surface area contributed by atoms with Gasteiger partial charge in [-0.3, -0.25) is 4.79 Å². The monoisotopic (exact) mass is 189 g/mol. The van der Waals surface area contributed by atoms with E-state index in [0.29, 0.717) is 6.42 Å². The summed E-state index contributed by atoms with van der Waals surface area (Å²) in [6.45, 7) is 0. The zero-order valence-electron chi connectivity index (χ0n) is 8.71. The lowest BCUT2D eigenvalue weighted by Crippen LogP contribution is -2.23.